The van der Waals surface area contributed by atoms with Crippen molar-refractivity contribution in [1.29, 1.82) is 0 Å². The summed E-state index contributed by atoms with van der Waals surface area (Å²) in [7, 11) is 0. The lowest BCUT2D eigenvalue weighted by molar-refractivity contribution is 0.130. The molecule has 3 heteroatoms. The third-order valence-electron chi connectivity index (χ3n) is 0.751. The van der Waals surface area contributed by atoms with E-state index in [0.717, 1.165) is 0 Å². The van der Waals surface area contributed by atoms with E-state index in [4.69, 9.17) is 10.3 Å². The van der Waals surface area contributed by atoms with E-state index in [9.17, 15) is 0 Å². The third kappa shape index (κ3) is 3.72. The van der Waals surface area contributed by atoms with Crippen LogP contribution in [-0.4, -0.2) is 23.5 Å². The van der Waals surface area contributed by atoms with Crippen LogP contribution in [0.15, 0.2) is 0 Å². The van der Waals surface area contributed by atoms with Gasteiger partial charge < -0.3 is 10.3 Å². The summed E-state index contributed by atoms with van der Waals surface area (Å²) < 4.78 is 0. The van der Waals surface area contributed by atoms with E-state index in [1.165, 1.54) is 0 Å². The van der Waals surface area contributed by atoms with Crippen LogP contribution in [0.4, 0.5) is 0 Å². The predicted molar refractivity (Wildman–Crippen MR) is 26.0 cm³/mol. The lowest BCUT2D eigenvalue weighted by Crippen LogP contribution is -2.19. The molecule has 7 heavy (non-hydrogen) atoms. The number of hydrogen-bond acceptors (Lipinski definition) is 3. The van der Waals surface area contributed by atoms with Crippen LogP contribution >= 0.6 is 0 Å². The summed E-state index contributed by atoms with van der Waals surface area (Å²) in [6.45, 7) is 2.41. The van der Waals surface area contributed by atoms with E-state index in [2.05, 4.69) is 0 Å². The molecule has 0 radical (unpaired) electrons. The van der Waals surface area contributed by atoms with Crippen LogP contribution in [-0.2, 0) is 0 Å². The van der Waals surface area contributed by atoms with Gasteiger partial charge in [0.1, 0.15) is 0 Å². The van der Waals surface area contributed by atoms with Crippen LogP contribution in [0.25, 0.3) is 0 Å². The van der Waals surface area contributed by atoms with Gasteiger partial charge in [-0.25, -0.2) is 5.48 Å². The van der Waals surface area contributed by atoms with Crippen molar-refractivity contribution in [2.75, 3.05) is 13.2 Å². The maximum atomic E-state index is 8.31. The second-order valence-corrected chi connectivity index (χ2v) is 1.65. The first-order valence-corrected chi connectivity index (χ1v) is 2.29. The van der Waals surface area contributed by atoms with E-state index in [-0.39, 0.29) is 12.5 Å². The Balaban J connectivity index is 2.83. The van der Waals surface area contributed by atoms with Gasteiger partial charge in [0.2, 0.25) is 0 Å². The number of nitrogens with one attached hydrogen (secondary N) is 1. The molecular formula is C4H11NO2. The Morgan fingerprint density at radius 2 is 2.29 bits per heavy atom. The van der Waals surface area contributed by atoms with Crippen LogP contribution in [0.5, 0.6) is 0 Å². The Hall–Kier alpha value is -0.120. The van der Waals surface area contributed by atoms with Gasteiger partial charge in [0.15, 0.2) is 0 Å². The highest BCUT2D eigenvalue weighted by Crippen LogP contribution is 1.85. The largest absolute Gasteiger partial charge is 0.396 e. The number of hydrogen-bond donors (Lipinski definition) is 3. The molecule has 0 saturated heterocycles. The van der Waals surface area contributed by atoms with Crippen LogP contribution in [0.3, 0.4) is 0 Å². The van der Waals surface area contributed by atoms with Gasteiger partial charge >= 0.3 is 0 Å². The fraction of sp³-hybridized carbons (Fsp3) is 1.00. The van der Waals surface area contributed by atoms with Gasteiger partial charge in [0.25, 0.3) is 0 Å². The lowest BCUT2D eigenvalue weighted by Gasteiger charge is -2.02. The van der Waals surface area contributed by atoms with Crippen molar-refractivity contribution in [3.63, 3.8) is 0 Å². The Morgan fingerprint density at radius 1 is 1.71 bits per heavy atom. The average Bonchev–Trinajstić information content (AvgIpc) is 1.68. The maximum Gasteiger partial charge on any atom is 0.0469 e. The highest BCUT2D eigenvalue weighted by Gasteiger charge is 1.94. The average molecular weight is 105 g/mol. The molecule has 0 rings (SSSR count). The number of rotatable bonds is 3. The van der Waals surface area contributed by atoms with Crippen molar-refractivity contribution in [2.24, 2.45) is 5.92 Å². The topological polar surface area (TPSA) is 52.5 Å². The van der Waals surface area contributed by atoms with E-state index in [1.807, 2.05) is 12.4 Å². The molecule has 0 aliphatic heterocycles. The van der Waals surface area contributed by atoms with Crippen LogP contribution in [0, 0.1) is 5.92 Å². The van der Waals surface area contributed by atoms with Gasteiger partial charge in [-0.1, -0.05) is 6.92 Å². The standard InChI is InChI=1S/C4H11NO2/c1-4(3-6)2-5-7/h4-7H,2-3H2,1H3. The highest BCUT2D eigenvalue weighted by atomic mass is 16.5. The first-order chi connectivity index (χ1) is 3.31. The summed E-state index contributed by atoms with van der Waals surface area (Å²) in [6, 6.07) is 0. The number of aliphatic hydroxyl groups is 1. The first-order valence-electron chi connectivity index (χ1n) is 2.29. The van der Waals surface area contributed by atoms with E-state index in [1.54, 1.807) is 0 Å². The second-order valence-electron chi connectivity index (χ2n) is 1.65. The summed E-state index contributed by atoms with van der Waals surface area (Å²) in [6.07, 6.45) is 0. The van der Waals surface area contributed by atoms with Gasteiger partial charge in [-0.2, -0.15) is 0 Å². The van der Waals surface area contributed by atoms with Gasteiger partial charge in [-0.15, -0.1) is 0 Å². The SMILES string of the molecule is CC(CO)CNO. The molecule has 0 aromatic heterocycles. The number of hydroxylamine groups is 1. The third-order valence-corrected chi connectivity index (χ3v) is 0.751. The molecule has 0 saturated carbocycles. The van der Waals surface area contributed by atoms with Gasteiger partial charge in [0, 0.05) is 13.2 Å². The minimum Gasteiger partial charge on any atom is -0.396 e. The molecule has 0 aliphatic rings. The zero-order valence-corrected chi connectivity index (χ0v) is 4.39. The van der Waals surface area contributed by atoms with Gasteiger partial charge in [-0.3, -0.25) is 0 Å². The zero-order valence-electron chi connectivity index (χ0n) is 4.39. The Bertz CT molecular complexity index is 40.7. The molecule has 44 valence electrons. The molecule has 1 atom stereocenters. The molecule has 3 N–H and O–H groups in total. The van der Waals surface area contributed by atoms with Crippen LogP contribution in [0.2, 0.25) is 0 Å². The monoisotopic (exact) mass is 105 g/mol. The van der Waals surface area contributed by atoms with Crippen LogP contribution < -0.4 is 5.48 Å². The summed E-state index contributed by atoms with van der Waals surface area (Å²) in [5.41, 5.74) is 1.96. The fourth-order valence-corrected chi connectivity index (χ4v) is 0.220. The second kappa shape index (κ2) is 4.05. The van der Waals surface area contributed by atoms with Crippen LogP contribution in [0.1, 0.15) is 6.92 Å². The summed E-state index contributed by atoms with van der Waals surface area (Å²) >= 11 is 0. The molecule has 0 aromatic carbocycles. The smallest absolute Gasteiger partial charge is 0.0469 e. The predicted octanol–water partition coefficient (Wildman–Crippen LogP) is -0.406. The van der Waals surface area contributed by atoms with Crippen molar-refractivity contribution in [2.45, 2.75) is 6.92 Å². The molecule has 0 aliphatic carbocycles. The fourth-order valence-electron chi connectivity index (χ4n) is 0.220. The van der Waals surface area contributed by atoms with Crippen molar-refractivity contribution >= 4 is 0 Å². The Labute approximate surface area is 42.9 Å². The minimum absolute atomic E-state index is 0.119. The molecule has 0 fully saturated rings. The van der Waals surface area contributed by atoms with Crippen molar-refractivity contribution < 1.29 is 10.3 Å². The Kier molecular flexibility index (Phi) is 3.98. The molecule has 1 unspecified atom stereocenters. The summed E-state index contributed by atoms with van der Waals surface area (Å²) in [5, 5.41) is 16.3. The molecule has 0 aromatic rings. The molecule has 3 nitrogen and oxygen atoms in total. The highest BCUT2D eigenvalue weighted by molar-refractivity contribution is 4.47. The van der Waals surface area contributed by atoms with Gasteiger partial charge in [0.05, 0.1) is 0 Å². The maximum absolute atomic E-state index is 8.31. The van der Waals surface area contributed by atoms with Crippen molar-refractivity contribution in [1.82, 2.24) is 5.48 Å². The Morgan fingerprint density at radius 3 is 2.43 bits per heavy atom. The molecule has 0 amide bonds. The quantitative estimate of drug-likeness (QED) is 0.428. The number of aliphatic hydroxyl groups excluding tert-OH is 1. The normalized spacial score (nSPS) is 14.1. The van der Waals surface area contributed by atoms with E-state index in [0.29, 0.717) is 6.54 Å². The van der Waals surface area contributed by atoms with Crippen molar-refractivity contribution in [3.05, 3.63) is 0 Å². The summed E-state index contributed by atoms with van der Waals surface area (Å²) in [4.78, 5) is 0. The molecular weight excluding hydrogens is 94.0 g/mol. The minimum atomic E-state index is 0.119. The molecule has 0 spiro atoms. The van der Waals surface area contributed by atoms with Crippen molar-refractivity contribution in [3.8, 4) is 0 Å². The summed E-state index contributed by atoms with van der Waals surface area (Å²) in [5.74, 6) is 0.144. The molecule has 0 heterocycles. The molecule has 0 bridgehead atoms. The van der Waals surface area contributed by atoms with E-state index < -0.39 is 0 Å². The lowest BCUT2D eigenvalue weighted by atomic mass is 10.2. The zero-order chi connectivity index (χ0) is 5.70. The van der Waals surface area contributed by atoms with Gasteiger partial charge in [-0.05, 0) is 5.92 Å². The first kappa shape index (κ1) is 6.88. The van der Waals surface area contributed by atoms with E-state index >= 15 is 0 Å².